The second-order valence-corrected chi connectivity index (χ2v) is 5.93. The van der Waals surface area contributed by atoms with Gasteiger partial charge in [0.05, 0.1) is 6.10 Å². The number of amides is 2. The van der Waals surface area contributed by atoms with Crippen molar-refractivity contribution < 1.29 is 9.90 Å². The van der Waals surface area contributed by atoms with Gasteiger partial charge in [0.15, 0.2) is 0 Å². The second kappa shape index (κ2) is 7.43. The number of hydrogen-bond acceptors (Lipinski definition) is 3. The molecule has 3 unspecified atom stereocenters. The van der Waals surface area contributed by atoms with Crippen molar-refractivity contribution in [2.75, 3.05) is 11.9 Å². The maximum Gasteiger partial charge on any atom is 0.316 e. The van der Waals surface area contributed by atoms with Gasteiger partial charge in [-0.2, -0.15) is 0 Å². The zero-order chi connectivity index (χ0) is 15.2. The summed E-state index contributed by atoms with van der Waals surface area (Å²) in [6.45, 7) is 3.05. The molecule has 1 fully saturated rings. The lowest BCUT2D eigenvalue weighted by Gasteiger charge is -2.27. The average Bonchev–Trinajstić information content (AvgIpc) is 2.45. The van der Waals surface area contributed by atoms with E-state index in [1.54, 1.807) is 0 Å². The topological polar surface area (TPSA) is 87.4 Å². The first kappa shape index (κ1) is 15.8. The summed E-state index contributed by atoms with van der Waals surface area (Å²) in [4.78, 5) is 10.8. The standard InChI is InChI=1S/C16H25N3O2/c1-11(18-10-12-3-2-4-15(20)9-12)13-5-7-14(8-6-13)19-16(17)21/h5-8,11-12,15,18,20H,2-4,9-10H2,1H3,(H3,17,19,21). The molecule has 3 atom stereocenters. The van der Waals surface area contributed by atoms with Gasteiger partial charge in [0.2, 0.25) is 0 Å². The Morgan fingerprint density at radius 3 is 2.71 bits per heavy atom. The molecule has 1 aliphatic carbocycles. The molecule has 5 heteroatoms. The van der Waals surface area contributed by atoms with Crippen LogP contribution in [0.2, 0.25) is 0 Å². The highest BCUT2D eigenvalue weighted by molar-refractivity contribution is 5.87. The maximum atomic E-state index is 10.8. The fourth-order valence-corrected chi connectivity index (χ4v) is 2.91. The third-order valence-electron chi connectivity index (χ3n) is 4.15. The minimum Gasteiger partial charge on any atom is -0.393 e. The lowest BCUT2D eigenvalue weighted by atomic mass is 9.87. The van der Waals surface area contributed by atoms with Gasteiger partial charge in [0.1, 0.15) is 0 Å². The Balaban J connectivity index is 1.82. The molecule has 1 saturated carbocycles. The Labute approximate surface area is 125 Å². The number of aliphatic hydroxyl groups is 1. The van der Waals surface area contributed by atoms with E-state index in [1.165, 1.54) is 12.0 Å². The number of anilines is 1. The molecule has 0 bridgehead atoms. The Hall–Kier alpha value is -1.59. The maximum absolute atomic E-state index is 10.8. The lowest BCUT2D eigenvalue weighted by Crippen LogP contribution is -2.30. The molecule has 0 aromatic heterocycles. The van der Waals surface area contributed by atoms with Gasteiger partial charge in [-0.25, -0.2) is 4.79 Å². The number of aliphatic hydroxyl groups excluding tert-OH is 1. The molecule has 2 rings (SSSR count). The summed E-state index contributed by atoms with van der Waals surface area (Å²) < 4.78 is 0. The summed E-state index contributed by atoms with van der Waals surface area (Å²) in [5.74, 6) is 0.562. The first-order chi connectivity index (χ1) is 10.0. The van der Waals surface area contributed by atoms with E-state index < -0.39 is 6.03 Å². The first-order valence-electron chi connectivity index (χ1n) is 7.62. The highest BCUT2D eigenvalue weighted by Crippen LogP contribution is 2.24. The van der Waals surface area contributed by atoms with Crippen molar-refractivity contribution in [1.82, 2.24) is 5.32 Å². The van der Waals surface area contributed by atoms with E-state index in [-0.39, 0.29) is 12.1 Å². The molecule has 2 amide bonds. The van der Waals surface area contributed by atoms with Crippen molar-refractivity contribution >= 4 is 11.7 Å². The average molecular weight is 291 g/mol. The highest BCUT2D eigenvalue weighted by atomic mass is 16.3. The van der Waals surface area contributed by atoms with Crippen LogP contribution in [0.25, 0.3) is 0 Å². The predicted molar refractivity (Wildman–Crippen MR) is 84.0 cm³/mol. The van der Waals surface area contributed by atoms with E-state index in [0.717, 1.165) is 25.8 Å². The fourth-order valence-electron chi connectivity index (χ4n) is 2.91. The molecule has 116 valence electrons. The predicted octanol–water partition coefficient (Wildman–Crippen LogP) is 2.38. The van der Waals surface area contributed by atoms with Crippen LogP contribution in [0.4, 0.5) is 10.5 Å². The van der Waals surface area contributed by atoms with Crippen molar-refractivity contribution in [1.29, 1.82) is 0 Å². The number of primary amides is 1. The first-order valence-corrected chi connectivity index (χ1v) is 7.62. The van der Waals surface area contributed by atoms with E-state index >= 15 is 0 Å². The van der Waals surface area contributed by atoms with Crippen LogP contribution in [0, 0.1) is 5.92 Å². The molecule has 0 saturated heterocycles. The van der Waals surface area contributed by atoms with Crippen LogP contribution in [0.15, 0.2) is 24.3 Å². The van der Waals surface area contributed by atoms with Crippen LogP contribution in [-0.4, -0.2) is 23.8 Å². The van der Waals surface area contributed by atoms with Gasteiger partial charge >= 0.3 is 6.03 Å². The van der Waals surface area contributed by atoms with Crippen molar-refractivity contribution in [2.24, 2.45) is 11.7 Å². The zero-order valence-corrected chi connectivity index (χ0v) is 12.5. The molecule has 21 heavy (non-hydrogen) atoms. The number of nitrogens with two attached hydrogens (primary N) is 1. The minimum atomic E-state index is -0.551. The molecular weight excluding hydrogens is 266 g/mol. The molecule has 0 heterocycles. The van der Waals surface area contributed by atoms with Crippen LogP contribution in [0.3, 0.4) is 0 Å². The number of rotatable bonds is 5. The van der Waals surface area contributed by atoms with Gasteiger partial charge < -0.3 is 21.5 Å². The molecular formula is C16H25N3O2. The van der Waals surface area contributed by atoms with Gasteiger partial charge in [-0.05, 0) is 56.3 Å². The van der Waals surface area contributed by atoms with Crippen LogP contribution < -0.4 is 16.4 Å². The normalized spacial score (nSPS) is 23.5. The number of urea groups is 1. The van der Waals surface area contributed by atoms with Crippen LogP contribution in [0.5, 0.6) is 0 Å². The van der Waals surface area contributed by atoms with E-state index in [9.17, 15) is 9.90 Å². The van der Waals surface area contributed by atoms with Crippen LogP contribution in [0.1, 0.15) is 44.2 Å². The lowest BCUT2D eigenvalue weighted by molar-refractivity contribution is 0.0998. The summed E-state index contributed by atoms with van der Waals surface area (Å²) in [7, 11) is 0. The zero-order valence-electron chi connectivity index (χ0n) is 12.5. The van der Waals surface area contributed by atoms with E-state index in [0.29, 0.717) is 11.6 Å². The van der Waals surface area contributed by atoms with Crippen molar-refractivity contribution in [2.45, 2.75) is 44.8 Å². The number of benzene rings is 1. The SMILES string of the molecule is CC(NCC1CCCC(O)C1)c1ccc(NC(N)=O)cc1. The van der Waals surface area contributed by atoms with Gasteiger partial charge in [-0.3, -0.25) is 0 Å². The van der Waals surface area contributed by atoms with E-state index in [1.807, 2.05) is 24.3 Å². The molecule has 0 spiro atoms. The van der Waals surface area contributed by atoms with Gasteiger partial charge in [-0.15, -0.1) is 0 Å². The number of carbonyl (C=O) groups excluding carboxylic acids is 1. The molecule has 1 aromatic rings. The Kier molecular flexibility index (Phi) is 5.59. The van der Waals surface area contributed by atoms with Gasteiger partial charge in [0, 0.05) is 11.7 Å². The van der Waals surface area contributed by atoms with Crippen LogP contribution in [-0.2, 0) is 0 Å². The number of carbonyl (C=O) groups is 1. The Morgan fingerprint density at radius 1 is 1.38 bits per heavy atom. The fraction of sp³-hybridized carbons (Fsp3) is 0.562. The van der Waals surface area contributed by atoms with Crippen molar-refractivity contribution in [3.05, 3.63) is 29.8 Å². The molecule has 0 aliphatic heterocycles. The smallest absolute Gasteiger partial charge is 0.316 e. The molecule has 5 N–H and O–H groups in total. The second-order valence-electron chi connectivity index (χ2n) is 5.93. The summed E-state index contributed by atoms with van der Waals surface area (Å²) in [6.07, 6.45) is 4.04. The summed E-state index contributed by atoms with van der Waals surface area (Å²) >= 11 is 0. The largest absolute Gasteiger partial charge is 0.393 e. The Bertz CT molecular complexity index is 461. The van der Waals surface area contributed by atoms with Crippen LogP contribution >= 0.6 is 0 Å². The highest BCUT2D eigenvalue weighted by Gasteiger charge is 2.20. The molecule has 0 radical (unpaired) electrons. The monoisotopic (exact) mass is 291 g/mol. The summed E-state index contributed by atoms with van der Waals surface area (Å²) in [5.41, 5.74) is 6.95. The molecule has 1 aliphatic rings. The van der Waals surface area contributed by atoms with E-state index in [2.05, 4.69) is 17.6 Å². The third kappa shape index (κ3) is 5.02. The summed E-state index contributed by atoms with van der Waals surface area (Å²) in [6, 6.07) is 7.36. The van der Waals surface area contributed by atoms with Crippen molar-refractivity contribution in [3.8, 4) is 0 Å². The van der Waals surface area contributed by atoms with Gasteiger partial charge in [-0.1, -0.05) is 18.6 Å². The minimum absolute atomic E-state index is 0.125. The third-order valence-corrected chi connectivity index (χ3v) is 4.15. The van der Waals surface area contributed by atoms with Crippen molar-refractivity contribution in [3.63, 3.8) is 0 Å². The quantitative estimate of drug-likeness (QED) is 0.671. The number of hydrogen-bond donors (Lipinski definition) is 4. The Morgan fingerprint density at radius 2 is 2.10 bits per heavy atom. The molecule has 5 nitrogen and oxygen atoms in total. The van der Waals surface area contributed by atoms with E-state index in [4.69, 9.17) is 5.73 Å². The molecule has 1 aromatic carbocycles. The summed E-state index contributed by atoms with van der Waals surface area (Å²) in [5, 5.41) is 15.8. The number of nitrogens with one attached hydrogen (secondary N) is 2. The van der Waals surface area contributed by atoms with Gasteiger partial charge in [0.25, 0.3) is 0 Å².